The van der Waals surface area contributed by atoms with Crippen LogP contribution < -0.4 is 4.74 Å². The van der Waals surface area contributed by atoms with E-state index in [1.165, 1.54) is 12.1 Å². The number of aromatic carboxylic acids is 1. The zero-order chi connectivity index (χ0) is 14.7. The third-order valence-electron chi connectivity index (χ3n) is 1.93. The van der Waals surface area contributed by atoms with Gasteiger partial charge in [0.25, 0.3) is 0 Å². The molecule has 0 atom stereocenters. The normalized spacial score (nSPS) is 10.6. The average Bonchev–Trinajstić information content (AvgIpc) is 2.42. The number of allylic oxidation sites excluding steroid dienone is 4. The molecule has 3 nitrogen and oxygen atoms in total. The Hall–Kier alpha value is -2.29. The van der Waals surface area contributed by atoms with Crippen LogP contribution in [0.25, 0.3) is 0 Å². The highest BCUT2D eigenvalue weighted by molar-refractivity contribution is 5.88. The Morgan fingerprint density at radius 1 is 1.37 bits per heavy atom. The molecule has 0 heterocycles. The molecular weight excluding hydrogens is 240 g/mol. The van der Waals surface area contributed by atoms with E-state index in [1.807, 2.05) is 26.8 Å². The van der Waals surface area contributed by atoms with E-state index >= 15 is 0 Å². The van der Waals surface area contributed by atoms with Crippen LogP contribution >= 0.6 is 0 Å². The van der Waals surface area contributed by atoms with Gasteiger partial charge in [0.05, 0.1) is 5.56 Å². The summed E-state index contributed by atoms with van der Waals surface area (Å²) in [5.41, 5.74) is 0.195. The summed E-state index contributed by atoms with van der Waals surface area (Å²) < 4.78 is 5.53. The van der Waals surface area contributed by atoms with Crippen LogP contribution in [-0.2, 0) is 0 Å². The summed E-state index contributed by atoms with van der Waals surface area (Å²) in [7, 11) is 0. The van der Waals surface area contributed by atoms with Gasteiger partial charge >= 0.3 is 5.97 Å². The van der Waals surface area contributed by atoms with Crippen molar-refractivity contribution in [3.05, 3.63) is 66.5 Å². The van der Waals surface area contributed by atoms with Crippen LogP contribution in [0.4, 0.5) is 0 Å². The van der Waals surface area contributed by atoms with Gasteiger partial charge in [0.15, 0.2) is 0 Å². The molecule has 0 spiro atoms. The van der Waals surface area contributed by atoms with Crippen molar-refractivity contribution in [3.8, 4) is 5.75 Å². The minimum absolute atomic E-state index is 0.195. The minimum atomic E-state index is -0.976. The summed E-state index contributed by atoms with van der Waals surface area (Å²) in [6, 6.07) is 6.33. The van der Waals surface area contributed by atoms with Crippen molar-refractivity contribution in [3.63, 3.8) is 0 Å². The SMILES string of the molecule is C=C/C=C(\C=C/C)Oc1cccc(C(=O)O)c1.CC. The fourth-order valence-electron chi connectivity index (χ4n) is 1.23. The van der Waals surface area contributed by atoms with E-state index in [1.54, 1.807) is 30.4 Å². The van der Waals surface area contributed by atoms with Gasteiger partial charge in [0.1, 0.15) is 11.5 Å². The first-order valence-electron chi connectivity index (χ1n) is 6.14. The van der Waals surface area contributed by atoms with Gasteiger partial charge in [-0.25, -0.2) is 4.79 Å². The summed E-state index contributed by atoms with van der Waals surface area (Å²) in [6.07, 6.45) is 6.91. The Bertz CT molecular complexity index is 471. The summed E-state index contributed by atoms with van der Waals surface area (Å²) >= 11 is 0. The molecule has 0 fully saturated rings. The Morgan fingerprint density at radius 2 is 2.05 bits per heavy atom. The molecule has 19 heavy (non-hydrogen) atoms. The molecule has 0 aliphatic carbocycles. The third kappa shape index (κ3) is 6.27. The second-order valence-corrected chi connectivity index (χ2v) is 3.24. The quantitative estimate of drug-likeness (QED) is 0.629. The predicted octanol–water partition coefficient (Wildman–Crippen LogP) is 4.44. The number of carboxylic acid groups (broad SMARTS) is 1. The maximum absolute atomic E-state index is 10.8. The van der Waals surface area contributed by atoms with Gasteiger partial charge in [0.2, 0.25) is 0 Å². The van der Waals surface area contributed by atoms with Crippen LogP contribution in [0, 0.1) is 0 Å². The van der Waals surface area contributed by atoms with Gasteiger partial charge in [-0.3, -0.25) is 0 Å². The number of rotatable bonds is 5. The Balaban J connectivity index is 0.00000154. The summed E-state index contributed by atoms with van der Waals surface area (Å²) in [4.78, 5) is 10.8. The van der Waals surface area contributed by atoms with Crippen molar-refractivity contribution in [2.24, 2.45) is 0 Å². The summed E-state index contributed by atoms with van der Waals surface area (Å²) in [5.74, 6) is 0.108. The highest BCUT2D eigenvalue weighted by atomic mass is 16.5. The van der Waals surface area contributed by atoms with Gasteiger partial charge in [-0.05, 0) is 37.3 Å². The van der Waals surface area contributed by atoms with Crippen molar-refractivity contribution < 1.29 is 14.6 Å². The minimum Gasteiger partial charge on any atom is -0.478 e. The number of benzene rings is 1. The van der Waals surface area contributed by atoms with Gasteiger partial charge in [-0.15, -0.1) is 0 Å². The first-order chi connectivity index (χ1) is 9.17. The van der Waals surface area contributed by atoms with E-state index in [0.717, 1.165) is 0 Å². The summed E-state index contributed by atoms with van der Waals surface area (Å²) in [5, 5.41) is 8.85. The molecule has 0 saturated carbocycles. The highest BCUT2D eigenvalue weighted by Gasteiger charge is 2.04. The van der Waals surface area contributed by atoms with Crippen LogP contribution in [0.3, 0.4) is 0 Å². The van der Waals surface area contributed by atoms with Gasteiger partial charge in [-0.2, -0.15) is 0 Å². The van der Waals surface area contributed by atoms with Crippen LogP contribution in [0.2, 0.25) is 0 Å². The van der Waals surface area contributed by atoms with E-state index < -0.39 is 5.97 Å². The van der Waals surface area contributed by atoms with E-state index in [0.29, 0.717) is 11.5 Å². The molecule has 0 aliphatic rings. The molecule has 0 aromatic heterocycles. The van der Waals surface area contributed by atoms with Crippen molar-refractivity contribution in [2.75, 3.05) is 0 Å². The molecule has 1 aromatic carbocycles. The highest BCUT2D eigenvalue weighted by Crippen LogP contribution is 2.16. The zero-order valence-electron chi connectivity index (χ0n) is 11.6. The summed E-state index contributed by atoms with van der Waals surface area (Å²) in [6.45, 7) is 9.45. The van der Waals surface area contributed by atoms with Crippen molar-refractivity contribution >= 4 is 5.97 Å². The van der Waals surface area contributed by atoms with Crippen LogP contribution in [-0.4, -0.2) is 11.1 Å². The number of hydrogen-bond donors (Lipinski definition) is 1. The molecular formula is C16H20O3. The second kappa shape index (κ2) is 9.71. The van der Waals surface area contributed by atoms with Gasteiger partial charge in [-0.1, -0.05) is 38.6 Å². The first-order valence-corrected chi connectivity index (χ1v) is 6.14. The number of hydrogen-bond acceptors (Lipinski definition) is 2. The maximum atomic E-state index is 10.8. The fourth-order valence-corrected chi connectivity index (χ4v) is 1.23. The maximum Gasteiger partial charge on any atom is 0.335 e. The van der Waals surface area contributed by atoms with E-state index in [2.05, 4.69) is 6.58 Å². The lowest BCUT2D eigenvalue weighted by Gasteiger charge is -2.06. The monoisotopic (exact) mass is 260 g/mol. The van der Waals surface area contributed by atoms with Crippen LogP contribution in [0.1, 0.15) is 31.1 Å². The molecule has 1 N–H and O–H groups in total. The lowest BCUT2D eigenvalue weighted by Crippen LogP contribution is -1.97. The zero-order valence-corrected chi connectivity index (χ0v) is 11.6. The predicted molar refractivity (Wildman–Crippen MR) is 78.5 cm³/mol. The Labute approximate surface area is 114 Å². The standard InChI is InChI=1S/C14H14O3.C2H6/c1-3-6-12(7-4-2)17-13-9-5-8-11(10-13)14(15)16;1-2/h3-10H,1H2,2H3,(H,15,16);1-2H3/b7-4-,12-6+;. The molecule has 0 radical (unpaired) electrons. The van der Waals surface area contributed by atoms with Gasteiger partial charge in [0, 0.05) is 0 Å². The molecule has 0 amide bonds. The van der Waals surface area contributed by atoms with Crippen molar-refractivity contribution in [2.45, 2.75) is 20.8 Å². The van der Waals surface area contributed by atoms with E-state index in [4.69, 9.17) is 9.84 Å². The molecule has 102 valence electrons. The molecule has 1 aromatic rings. The largest absolute Gasteiger partial charge is 0.478 e. The van der Waals surface area contributed by atoms with Crippen molar-refractivity contribution in [1.82, 2.24) is 0 Å². The number of carboxylic acids is 1. The average molecular weight is 260 g/mol. The van der Waals surface area contributed by atoms with Crippen LogP contribution in [0.15, 0.2) is 60.9 Å². The molecule has 0 aliphatic heterocycles. The fraction of sp³-hybridized carbons (Fsp3) is 0.188. The molecule has 0 saturated heterocycles. The van der Waals surface area contributed by atoms with E-state index in [-0.39, 0.29) is 5.56 Å². The lowest BCUT2D eigenvalue weighted by atomic mass is 10.2. The topological polar surface area (TPSA) is 46.5 Å². The number of carbonyl (C=O) groups is 1. The first kappa shape index (κ1) is 16.7. The third-order valence-corrected chi connectivity index (χ3v) is 1.93. The molecule has 3 heteroatoms. The van der Waals surface area contributed by atoms with E-state index in [9.17, 15) is 4.79 Å². The number of ether oxygens (including phenoxy) is 1. The molecule has 1 rings (SSSR count). The smallest absolute Gasteiger partial charge is 0.335 e. The lowest BCUT2D eigenvalue weighted by molar-refractivity contribution is 0.0696. The second-order valence-electron chi connectivity index (χ2n) is 3.24. The Morgan fingerprint density at radius 3 is 2.58 bits per heavy atom. The molecule has 0 bridgehead atoms. The van der Waals surface area contributed by atoms with Crippen LogP contribution in [0.5, 0.6) is 5.75 Å². The Kier molecular flexibility index (Phi) is 8.54. The van der Waals surface area contributed by atoms with Crippen molar-refractivity contribution in [1.29, 1.82) is 0 Å². The molecule has 0 unspecified atom stereocenters. The van der Waals surface area contributed by atoms with Gasteiger partial charge < -0.3 is 9.84 Å².